The summed E-state index contributed by atoms with van der Waals surface area (Å²) in [6.45, 7) is 10.2. The number of aromatic nitrogens is 1. The first-order chi connectivity index (χ1) is 15.3. The number of anilines is 1. The van der Waals surface area contributed by atoms with Crippen LogP contribution in [0.2, 0.25) is 0 Å². The van der Waals surface area contributed by atoms with Gasteiger partial charge in [-0.2, -0.15) is 0 Å². The Labute approximate surface area is 188 Å². The number of nitrogens with one attached hydrogen (secondary N) is 1. The van der Waals surface area contributed by atoms with Crippen molar-refractivity contribution in [3.05, 3.63) is 76.9 Å². The highest BCUT2D eigenvalue weighted by Gasteiger charge is 2.13. The standard InChI is InChI=1S/C27H28N2O3/c1-16(2)20-8-9-25-24(13-20)29-27(32-25)21-7-6-19(5)23(14-21)28-26(30)15-31-22-11-17(3)10-18(4)12-22/h6-14,16H,15H2,1-5H3,(H,28,30). The van der Waals surface area contributed by atoms with Crippen molar-refractivity contribution in [1.82, 2.24) is 4.98 Å². The summed E-state index contributed by atoms with van der Waals surface area (Å²) in [4.78, 5) is 17.2. The van der Waals surface area contributed by atoms with Crippen molar-refractivity contribution >= 4 is 22.7 Å². The van der Waals surface area contributed by atoms with E-state index in [0.717, 1.165) is 33.4 Å². The number of benzene rings is 3. The maximum absolute atomic E-state index is 12.5. The fraction of sp³-hybridized carbons (Fsp3) is 0.259. The van der Waals surface area contributed by atoms with Crippen molar-refractivity contribution in [3.63, 3.8) is 0 Å². The lowest BCUT2D eigenvalue weighted by atomic mass is 10.0. The number of fused-ring (bicyclic) bond motifs is 1. The van der Waals surface area contributed by atoms with Gasteiger partial charge in [0.2, 0.25) is 5.89 Å². The molecule has 1 N–H and O–H groups in total. The van der Waals surface area contributed by atoms with Gasteiger partial charge < -0.3 is 14.5 Å². The second-order valence-corrected chi connectivity index (χ2v) is 8.59. The van der Waals surface area contributed by atoms with Crippen LogP contribution < -0.4 is 10.1 Å². The monoisotopic (exact) mass is 428 g/mol. The molecule has 0 radical (unpaired) electrons. The fourth-order valence-electron chi connectivity index (χ4n) is 3.67. The molecule has 0 aliphatic carbocycles. The van der Waals surface area contributed by atoms with Gasteiger partial charge in [-0.15, -0.1) is 0 Å². The van der Waals surface area contributed by atoms with E-state index in [1.165, 1.54) is 5.56 Å². The number of rotatable bonds is 6. The predicted octanol–water partition coefficient (Wildman–Crippen LogP) is 6.56. The Kier molecular flexibility index (Phi) is 5.99. The van der Waals surface area contributed by atoms with Crippen molar-refractivity contribution < 1.29 is 13.9 Å². The number of aryl methyl sites for hydroxylation is 3. The van der Waals surface area contributed by atoms with Gasteiger partial charge in [-0.25, -0.2) is 4.98 Å². The van der Waals surface area contributed by atoms with Crippen LogP contribution in [-0.4, -0.2) is 17.5 Å². The van der Waals surface area contributed by atoms with Crippen LogP contribution in [0.1, 0.15) is 42.0 Å². The van der Waals surface area contributed by atoms with Gasteiger partial charge in [-0.05, 0) is 85.3 Å². The van der Waals surface area contributed by atoms with Crippen LogP contribution in [0.25, 0.3) is 22.6 Å². The molecule has 32 heavy (non-hydrogen) atoms. The largest absolute Gasteiger partial charge is 0.484 e. The molecule has 3 aromatic carbocycles. The molecule has 0 aliphatic rings. The Bertz CT molecular complexity index is 1270. The molecule has 0 unspecified atom stereocenters. The van der Waals surface area contributed by atoms with Gasteiger partial charge in [-0.3, -0.25) is 4.79 Å². The molecule has 4 rings (SSSR count). The van der Waals surface area contributed by atoms with Crippen molar-refractivity contribution in [2.75, 3.05) is 11.9 Å². The average molecular weight is 429 g/mol. The summed E-state index contributed by atoms with van der Waals surface area (Å²) < 4.78 is 11.7. The minimum Gasteiger partial charge on any atom is -0.484 e. The van der Waals surface area contributed by atoms with E-state index in [9.17, 15) is 4.79 Å². The molecule has 1 amide bonds. The second-order valence-electron chi connectivity index (χ2n) is 8.59. The molecule has 1 aromatic heterocycles. The zero-order chi connectivity index (χ0) is 22.8. The van der Waals surface area contributed by atoms with E-state index in [1.807, 2.05) is 57.2 Å². The maximum Gasteiger partial charge on any atom is 0.262 e. The van der Waals surface area contributed by atoms with Crippen LogP contribution in [-0.2, 0) is 4.79 Å². The smallest absolute Gasteiger partial charge is 0.262 e. The number of hydrogen-bond acceptors (Lipinski definition) is 4. The Morgan fingerprint density at radius 2 is 1.75 bits per heavy atom. The summed E-state index contributed by atoms with van der Waals surface area (Å²) in [5.74, 6) is 1.42. The molecule has 5 nitrogen and oxygen atoms in total. The van der Waals surface area contributed by atoms with Crippen LogP contribution in [0.3, 0.4) is 0 Å². The maximum atomic E-state index is 12.5. The topological polar surface area (TPSA) is 64.4 Å². The Morgan fingerprint density at radius 1 is 1.00 bits per heavy atom. The molecule has 0 atom stereocenters. The third-order valence-corrected chi connectivity index (χ3v) is 5.40. The number of ether oxygens (including phenoxy) is 1. The first kappa shape index (κ1) is 21.6. The third-order valence-electron chi connectivity index (χ3n) is 5.40. The molecule has 4 aromatic rings. The summed E-state index contributed by atoms with van der Waals surface area (Å²) in [5.41, 5.74) is 7.47. The number of oxazole rings is 1. The normalized spacial score (nSPS) is 11.2. The molecular weight excluding hydrogens is 400 g/mol. The Hall–Kier alpha value is -3.60. The van der Waals surface area contributed by atoms with E-state index in [2.05, 4.69) is 42.3 Å². The summed E-state index contributed by atoms with van der Waals surface area (Å²) in [7, 11) is 0. The van der Waals surface area contributed by atoms with Gasteiger partial charge in [0.25, 0.3) is 5.91 Å². The van der Waals surface area contributed by atoms with Gasteiger partial charge in [0.15, 0.2) is 12.2 Å². The van der Waals surface area contributed by atoms with Gasteiger partial charge in [-0.1, -0.05) is 32.0 Å². The Balaban J connectivity index is 1.51. The van der Waals surface area contributed by atoms with Gasteiger partial charge in [0.1, 0.15) is 11.3 Å². The number of hydrogen-bond donors (Lipinski definition) is 1. The van der Waals surface area contributed by atoms with E-state index in [0.29, 0.717) is 23.2 Å². The SMILES string of the molecule is Cc1cc(C)cc(OCC(=O)Nc2cc(-c3nc4cc(C(C)C)ccc4o3)ccc2C)c1. The number of nitrogens with zero attached hydrogens (tertiary/aromatic N) is 1. The van der Waals surface area contributed by atoms with Crippen LogP contribution in [0, 0.1) is 20.8 Å². The fourth-order valence-corrected chi connectivity index (χ4v) is 3.67. The lowest BCUT2D eigenvalue weighted by Crippen LogP contribution is -2.20. The second kappa shape index (κ2) is 8.87. The average Bonchev–Trinajstić information content (AvgIpc) is 3.16. The molecular formula is C27H28N2O3. The summed E-state index contributed by atoms with van der Waals surface area (Å²) in [5, 5.41) is 2.94. The predicted molar refractivity (Wildman–Crippen MR) is 128 cm³/mol. The number of carbonyl (C=O) groups excluding carboxylic acids is 1. The lowest BCUT2D eigenvalue weighted by Gasteiger charge is -2.11. The minimum atomic E-state index is -0.219. The molecule has 5 heteroatoms. The molecule has 0 fully saturated rings. The molecule has 0 saturated carbocycles. The van der Waals surface area contributed by atoms with Crippen LogP contribution >= 0.6 is 0 Å². The highest BCUT2D eigenvalue weighted by molar-refractivity contribution is 5.93. The molecule has 0 bridgehead atoms. The van der Waals surface area contributed by atoms with Crippen molar-refractivity contribution in [3.8, 4) is 17.2 Å². The third kappa shape index (κ3) is 4.83. The first-order valence-corrected chi connectivity index (χ1v) is 10.8. The highest BCUT2D eigenvalue weighted by Crippen LogP contribution is 2.29. The zero-order valence-corrected chi connectivity index (χ0v) is 19.2. The number of carbonyl (C=O) groups is 1. The van der Waals surface area contributed by atoms with Crippen LogP contribution in [0.15, 0.2) is 59.0 Å². The van der Waals surface area contributed by atoms with Crippen molar-refractivity contribution in [1.29, 1.82) is 0 Å². The van der Waals surface area contributed by atoms with Crippen LogP contribution in [0.4, 0.5) is 5.69 Å². The molecule has 164 valence electrons. The minimum absolute atomic E-state index is 0.0621. The van der Waals surface area contributed by atoms with E-state index in [4.69, 9.17) is 9.15 Å². The van der Waals surface area contributed by atoms with E-state index >= 15 is 0 Å². The first-order valence-electron chi connectivity index (χ1n) is 10.8. The molecule has 0 saturated heterocycles. The summed E-state index contributed by atoms with van der Waals surface area (Å²) in [6.07, 6.45) is 0. The quantitative estimate of drug-likeness (QED) is 0.378. The summed E-state index contributed by atoms with van der Waals surface area (Å²) >= 11 is 0. The van der Waals surface area contributed by atoms with E-state index in [1.54, 1.807) is 0 Å². The van der Waals surface area contributed by atoms with Crippen LogP contribution in [0.5, 0.6) is 5.75 Å². The Morgan fingerprint density at radius 3 is 2.47 bits per heavy atom. The van der Waals surface area contributed by atoms with E-state index < -0.39 is 0 Å². The zero-order valence-electron chi connectivity index (χ0n) is 19.2. The van der Waals surface area contributed by atoms with Crippen molar-refractivity contribution in [2.45, 2.75) is 40.5 Å². The van der Waals surface area contributed by atoms with Gasteiger partial charge in [0, 0.05) is 11.3 Å². The highest BCUT2D eigenvalue weighted by atomic mass is 16.5. The molecule has 0 spiro atoms. The van der Waals surface area contributed by atoms with E-state index in [-0.39, 0.29) is 12.5 Å². The van der Waals surface area contributed by atoms with Crippen molar-refractivity contribution in [2.24, 2.45) is 0 Å². The lowest BCUT2D eigenvalue weighted by molar-refractivity contribution is -0.118. The number of amides is 1. The summed E-state index contributed by atoms with van der Waals surface area (Å²) in [6, 6.07) is 17.8. The molecule has 1 heterocycles. The molecule has 0 aliphatic heterocycles. The van der Waals surface area contributed by atoms with Gasteiger partial charge >= 0.3 is 0 Å². The van der Waals surface area contributed by atoms with Gasteiger partial charge in [0.05, 0.1) is 0 Å².